The Bertz CT molecular complexity index is 356. The third-order valence-corrected chi connectivity index (χ3v) is 2.66. The number of nitrogens with zero attached hydrogens (tertiary/aromatic N) is 1. The summed E-state index contributed by atoms with van der Waals surface area (Å²) in [6, 6.07) is 3.99. The van der Waals surface area contributed by atoms with Gasteiger partial charge in [0.05, 0.1) is 4.70 Å². The number of aromatic nitrogens is 1. The second-order valence-corrected chi connectivity index (χ2v) is 3.21. The lowest BCUT2D eigenvalue weighted by atomic mass is 10.3. The van der Waals surface area contributed by atoms with E-state index in [9.17, 15) is 0 Å². The van der Waals surface area contributed by atoms with Gasteiger partial charge in [-0.05, 0) is 22.9 Å². The summed E-state index contributed by atoms with van der Waals surface area (Å²) < 4.78 is 1.07. The molecule has 2 aromatic rings. The SMILES string of the molecule is CC.Clc1nccc2ccsc12. The summed E-state index contributed by atoms with van der Waals surface area (Å²) in [4.78, 5) is 3.96. The fourth-order valence-corrected chi connectivity index (χ4v) is 1.93. The molecule has 0 bridgehead atoms. The van der Waals surface area contributed by atoms with Crippen LogP contribution in [0.5, 0.6) is 0 Å². The first kappa shape index (κ1) is 9.49. The van der Waals surface area contributed by atoms with Crippen molar-refractivity contribution in [1.29, 1.82) is 0 Å². The Morgan fingerprint density at radius 2 is 2.08 bits per heavy atom. The molecule has 2 heterocycles. The summed E-state index contributed by atoms with van der Waals surface area (Å²) in [5.74, 6) is 0. The molecule has 0 amide bonds. The molecule has 0 atom stereocenters. The fraction of sp³-hybridized carbons (Fsp3) is 0.222. The first-order chi connectivity index (χ1) is 5.88. The monoisotopic (exact) mass is 199 g/mol. The first-order valence-electron chi connectivity index (χ1n) is 3.85. The molecular formula is C9H10ClNS. The Morgan fingerprint density at radius 1 is 1.33 bits per heavy atom. The third kappa shape index (κ3) is 1.76. The normalized spacial score (nSPS) is 9.25. The van der Waals surface area contributed by atoms with Crippen LogP contribution in [0.1, 0.15) is 13.8 Å². The maximum atomic E-state index is 5.80. The van der Waals surface area contributed by atoms with E-state index in [0.29, 0.717) is 5.15 Å². The molecule has 2 rings (SSSR count). The molecule has 0 N–H and O–H groups in total. The smallest absolute Gasteiger partial charge is 0.146 e. The maximum absolute atomic E-state index is 5.80. The van der Waals surface area contributed by atoms with Crippen molar-refractivity contribution in [3.05, 3.63) is 28.9 Å². The van der Waals surface area contributed by atoms with E-state index in [-0.39, 0.29) is 0 Å². The van der Waals surface area contributed by atoms with Crippen molar-refractivity contribution in [2.24, 2.45) is 0 Å². The van der Waals surface area contributed by atoms with E-state index in [1.54, 1.807) is 17.5 Å². The first-order valence-corrected chi connectivity index (χ1v) is 5.11. The highest BCUT2D eigenvalue weighted by Gasteiger charge is 1.98. The Balaban J connectivity index is 0.000000336. The maximum Gasteiger partial charge on any atom is 0.146 e. The molecule has 0 spiro atoms. The van der Waals surface area contributed by atoms with Crippen molar-refractivity contribution in [3.8, 4) is 0 Å². The van der Waals surface area contributed by atoms with E-state index >= 15 is 0 Å². The molecule has 12 heavy (non-hydrogen) atoms. The van der Waals surface area contributed by atoms with Crippen molar-refractivity contribution >= 4 is 33.0 Å². The van der Waals surface area contributed by atoms with Crippen molar-refractivity contribution in [2.75, 3.05) is 0 Å². The van der Waals surface area contributed by atoms with E-state index in [2.05, 4.69) is 4.98 Å². The Labute approximate surface area is 81.0 Å². The molecule has 0 fully saturated rings. The Morgan fingerprint density at radius 3 is 2.75 bits per heavy atom. The van der Waals surface area contributed by atoms with Gasteiger partial charge in [-0.25, -0.2) is 4.98 Å². The lowest BCUT2D eigenvalue weighted by Crippen LogP contribution is -1.70. The van der Waals surface area contributed by atoms with Crippen LogP contribution in [0.15, 0.2) is 23.7 Å². The molecule has 3 heteroatoms. The lowest BCUT2D eigenvalue weighted by Gasteiger charge is -1.88. The minimum atomic E-state index is 0.604. The zero-order valence-electron chi connectivity index (χ0n) is 7.04. The van der Waals surface area contributed by atoms with Crippen LogP contribution in [0.4, 0.5) is 0 Å². The quantitative estimate of drug-likeness (QED) is 0.585. The predicted octanol–water partition coefficient (Wildman–Crippen LogP) is 3.98. The van der Waals surface area contributed by atoms with E-state index in [1.165, 1.54) is 5.39 Å². The molecule has 2 aromatic heterocycles. The van der Waals surface area contributed by atoms with Gasteiger partial charge in [-0.1, -0.05) is 25.4 Å². The highest BCUT2D eigenvalue weighted by atomic mass is 35.5. The van der Waals surface area contributed by atoms with Gasteiger partial charge in [0, 0.05) is 6.20 Å². The van der Waals surface area contributed by atoms with Crippen LogP contribution in [0.2, 0.25) is 5.15 Å². The predicted molar refractivity (Wildman–Crippen MR) is 56.0 cm³/mol. The molecule has 0 aliphatic heterocycles. The Hall–Kier alpha value is -0.600. The standard InChI is InChI=1S/C7H4ClNS.C2H6/c8-7-6-5(1-3-9-7)2-4-10-6;1-2/h1-4H;1-2H3. The van der Waals surface area contributed by atoms with Crippen molar-refractivity contribution in [1.82, 2.24) is 4.98 Å². The van der Waals surface area contributed by atoms with Gasteiger partial charge in [0.2, 0.25) is 0 Å². The molecule has 0 saturated heterocycles. The topological polar surface area (TPSA) is 12.9 Å². The average molecular weight is 200 g/mol. The second-order valence-electron chi connectivity index (χ2n) is 1.94. The molecule has 1 nitrogen and oxygen atoms in total. The fourth-order valence-electron chi connectivity index (χ4n) is 0.860. The van der Waals surface area contributed by atoms with Crippen LogP contribution in [0, 0.1) is 0 Å². The molecule has 0 aromatic carbocycles. The van der Waals surface area contributed by atoms with Crippen LogP contribution in [-0.2, 0) is 0 Å². The zero-order chi connectivity index (χ0) is 8.97. The van der Waals surface area contributed by atoms with Crippen molar-refractivity contribution < 1.29 is 0 Å². The second kappa shape index (κ2) is 4.43. The van der Waals surface area contributed by atoms with Crippen LogP contribution in [0.3, 0.4) is 0 Å². The summed E-state index contributed by atoms with van der Waals surface area (Å²) in [7, 11) is 0. The van der Waals surface area contributed by atoms with Crippen LogP contribution < -0.4 is 0 Å². The Kier molecular flexibility index (Phi) is 3.50. The van der Waals surface area contributed by atoms with E-state index in [0.717, 1.165) is 4.70 Å². The molecule has 0 unspecified atom stereocenters. The van der Waals surface area contributed by atoms with Crippen LogP contribution in [0.25, 0.3) is 10.1 Å². The molecular weight excluding hydrogens is 190 g/mol. The highest BCUT2D eigenvalue weighted by molar-refractivity contribution is 7.17. The third-order valence-electron chi connectivity index (χ3n) is 1.33. The van der Waals surface area contributed by atoms with Gasteiger partial charge in [-0.3, -0.25) is 0 Å². The minimum Gasteiger partial charge on any atom is -0.243 e. The lowest BCUT2D eigenvalue weighted by molar-refractivity contribution is 1.37. The number of hydrogen-bond acceptors (Lipinski definition) is 2. The summed E-state index contributed by atoms with van der Waals surface area (Å²) in [5, 5.41) is 3.79. The van der Waals surface area contributed by atoms with Crippen molar-refractivity contribution in [2.45, 2.75) is 13.8 Å². The zero-order valence-corrected chi connectivity index (χ0v) is 8.62. The van der Waals surface area contributed by atoms with E-state index in [1.807, 2.05) is 31.4 Å². The van der Waals surface area contributed by atoms with Gasteiger partial charge < -0.3 is 0 Å². The number of pyridine rings is 1. The van der Waals surface area contributed by atoms with Crippen molar-refractivity contribution in [3.63, 3.8) is 0 Å². The minimum absolute atomic E-state index is 0.604. The molecule has 0 saturated carbocycles. The number of rotatable bonds is 0. The number of fused-ring (bicyclic) bond motifs is 1. The number of thiophene rings is 1. The number of hydrogen-bond donors (Lipinski definition) is 0. The van der Waals surface area contributed by atoms with Gasteiger partial charge in [-0.15, -0.1) is 11.3 Å². The van der Waals surface area contributed by atoms with E-state index in [4.69, 9.17) is 11.6 Å². The summed E-state index contributed by atoms with van der Waals surface area (Å²) in [5.41, 5.74) is 0. The highest BCUT2D eigenvalue weighted by Crippen LogP contribution is 2.25. The van der Waals surface area contributed by atoms with Crippen LogP contribution in [-0.4, -0.2) is 4.98 Å². The van der Waals surface area contributed by atoms with Gasteiger partial charge in [-0.2, -0.15) is 0 Å². The van der Waals surface area contributed by atoms with Crippen LogP contribution >= 0.6 is 22.9 Å². The van der Waals surface area contributed by atoms with Gasteiger partial charge in [0.15, 0.2) is 0 Å². The molecule has 64 valence electrons. The molecule has 0 aliphatic carbocycles. The largest absolute Gasteiger partial charge is 0.243 e. The molecule has 0 aliphatic rings. The van der Waals surface area contributed by atoms with Gasteiger partial charge in [0.1, 0.15) is 5.15 Å². The van der Waals surface area contributed by atoms with Gasteiger partial charge in [0.25, 0.3) is 0 Å². The van der Waals surface area contributed by atoms with E-state index < -0.39 is 0 Å². The molecule has 0 radical (unpaired) electrons. The number of halogens is 1. The average Bonchev–Trinajstić information content (AvgIpc) is 2.57. The summed E-state index contributed by atoms with van der Waals surface area (Å²) in [6.45, 7) is 4.00. The summed E-state index contributed by atoms with van der Waals surface area (Å²) >= 11 is 7.42. The summed E-state index contributed by atoms with van der Waals surface area (Å²) in [6.07, 6.45) is 1.72. The van der Waals surface area contributed by atoms with Gasteiger partial charge >= 0.3 is 0 Å².